The molecule has 0 saturated heterocycles. The first-order chi connectivity index (χ1) is 9.31. The number of aromatic nitrogens is 1. The quantitative estimate of drug-likeness (QED) is 0.941. The van der Waals surface area contributed by atoms with Crippen LogP contribution in [0.15, 0.2) is 35.2 Å². The largest absolute Gasteiger partial charge is 0.351 e. The van der Waals surface area contributed by atoms with Crippen LogP contribution in [0, 0.1) is 20.8 Å². The SMILES string of the molecule is Cc1ccc(S(=O)(=O)NCc2ccc(C)n2C)c(C)c1. The number of hydrogen-bond donors (Lipinski definition) is 1. The number of rotatable bonds is 4. The molecule has 0 radical (unpaired) electrons. The van der Waals surface area contributed by atoms with Crippen LogP contribution in [0.25, 0.3) is 0 Å². The summed E-state index contributed by atoms with van der Waals surface area (Å²) in [6.07, 6.45) is 0. The van der Waals surface area contributed by atoms with Gasteiger partial charge in [-0.15, -0.1) is 0 Å². The maximum atomic E-state index is 12.3. The van der Waals surface area contributed by atoms with Gasteiger partial charge in [0.15, 0.2) is 0 Å². The summed E-state index contributed by atoms with van der Waals surface area (Å²) in [5.74, 6) is 0. The molecule has 20 heavy (non-hydrogen) atoms. The summed E-state index contributed by atoms with van der Waals surface area (Å²) >= 11 is 0. The monoisotopic (exact) mass is 292 g/mol. The Labute approximate surface area is 120 Å². The molecule has 0 fully saturated rings. The van der Waals surface area contributed by atoms with Crippen molar-refractivity contribution in [3.63, 3.8) is 0 Å². The van der Waals surface area contributed by atoms with Crippen LogP contribution in [-0.4, -0.2) is 13.0 Å². The lowest BCUT2D eigenvalue weighted by atomic mass is 10.2. The van der Waals surface area contributed by atoms with Crippen LogP contribution in [0.4, 0.5) is 0 Å². The lowest BCUT2D eigenvalue weighted by Crippen LogP contribution is -2.25. The van der Waals surface area contributed by atoms with Gasteiger partial charge in [-0.2, -0.15) is 0 Å². The summed E-state index contributed by atoms with van der Waals surface area (Å²) in [5, 5.41) is 0. The Bertz CT molecular complexity index is 730. The number of nitrogens with one attached hydrogen (secondary N) is 1. The van der Waals surface area contributed by atoms with Crippen molar-refractivity contribution in [1.29, 1.82) is 0 Å². The van der Waals surface area contributed by atoms with Crippen LogP contribution in [0.2, 0.25) is 0 Å². The van der Waals surface area contributed by atoms with E-state index in [-0.39, 0.29) is 0 Å². The first-order valence-electron chi connectivity index (χ1n) is 6.49. The lowest BCUT2D eigenvalue weighted by Gasteiger charge is -2.11. The average Bonchev–Trinajstić information content (AvgIpc) is 2.67. The Kier molecular flexibility index (Phi) is 4.01. The predicted octanol–water partition coefficient (Wildman–Crippen LogP) is 2.43. The molecule has 0 amide bonds. The van der Waals surface area contributed by atoms with Gasteiger partial charge in [-0.25, -0.2) is 13.1 Å². The highest BCUT2D eigenvalue weighted by Crippen LogP contribution is 2.17. The maximum Gasteiger partial charge on any atom is 0.241 e. The molecule has 0 aliphatic carbocycles. The van der Waals surface area contributed by atoms with Gasteiger partial charge in [0, 0.05) is 18.4 Å². The van der Waals surface area contributed by atoms with Gasteiger partial charge in [0.2, 0.25) is 10.0 Å². The Morgan fingerprint density at radius 1 is 1.10 bits per heavy atom. The fourth-order valence-corrected chi connectivity index (χ4v) is 3.42. The molecule has 0 aliphatic heterocycles. The molecule has 2 aromatic rings. The molecule has 0 aliphatic rings. The van der Waals surface area contributed by atoms with E-state index in [4.69, 9.17) is 0 Å². The fraction of sp³-hybridized carbons (Fsp3) is 0.333. The van der Waals surface area contributed by atoms with E-state index >= 15 is 0 Å². The highest BCUT2D eigenvalue weighted by Gasteiger charge is 2.17. The third-order valence-corrected chi connectivity index (χ3v) is 5.10. The molecule has 2 rings (SSSR count). The molecular formula is C15H20N2O2S. The molecule has 1 heterocycles. The van der Waals surface area contributed by atoms with Crippen LogP contribution in [0.3, 0.4) is 0 Å². The third kappa shape index (κ3) is 2.94. The molecule has 5 heteroatoms. The zero-order chi connectivity index (χ0) is 14.9. The standard InChI is InChI=1S/C15H20N2O2S/c1-11-5-8-15(12(2)9-11)20(18,19)16-10-14-7-6-13(3)17(14)4/h5-9,16H,10H2,1-4H3. The minimum Gasteiger partial charge on any atom is -0.351 e. The fourth-order valence-electron chi connectivity index (χ4n) is 2.19. The van der Waals surface area contributed by atoms with Crippen molar-refractivity contribution in [2.24, 2.45) is 7.05 Å². The van der Waals surface area contributed by atoms with Crippen LogP contribution < -0.4 is 4.72 Å². The molecule has 0 bridgehead atoms. The summed E-state index contributed by atoms with van der Waals surface area (Å²) in [4.78, 5) is 0.342. The van der Waals surface area contributed by atoms with E-state index in [1.165, 1.54) is 0 Å². The lowest BCUT2D eigenvalue weighted by molar-refractivity contribution is 0.578. The Morgan fingerprint density at radius 2 is 1.80 bits per heavy atom. The summed E-state index contributed by atoms with van der Waals surface area (Å²) in [5.41, 5.74) is 3.86. The van der Waals surface area contributed by atoms with Crippen molar-refractivity contribution < 1.29 is 8.42 Å². The van der Waals surface area contributed by atoms with Crippen molar-refractivity contribution in [2.75, 3.05) is 0 Å². The summed E-state index contributed by atoms with van der Waals surface area (Å²) in [6.45, 7) is 6.04. The van der Waals surface area contributed by atoms with Gasteiger partial charge < -0.3 is 4.57 Å². The van der Waals surface area contributed by atoms with Crippen molar-refractivity contribution >= 4 is 10.0 Å². The van der Waals surface area contributed by atoms with Gasteiger partial charge in [-0.3, -0.25) is 0 Å². The molecule has 0 unspecified atom stereocenters. The highest BCUT2D eigenvalue weighted by molar-refractivity contribution is 7.89. The number of hydrogen-bond acceptors (Lipinski definition) is 2. The Hall–Kier alpha value is -1.59. The molecule has 0 saturated carbocycles. The third-order valence-electron chi connectivity index (χ3n) is 3.54. The van der Waals surface area contributed by atoms with Gasteiger partial charge in [0.1, 0.15) is 0 Å². The molecular weight excluding hydrogens is 272 g/mol. The highest BCUT2D eigenvalue weighted by atomic mass is 32.2. The van der Waals surface area contributed by atoms with E-state index < -0.39 is 10.0 Å². The second-order valence-corrected chi connectivity index (χ2v) is 6.85. The van der Waals surface area contributed by atoms with E-state index in [9.17, 15) is 8.42 Å². The van der Waals surface area contributed by atoms with Gasteiger partial charge >= 0.3 is 0 Å². The van der Waals surface area contributed by atoms with E-state index in [0.717, 1.165) is 22.5 Å². The number of nitrogens with zero attached hydrogens (tertiary/aromatic N) is 1. The summed E-state index contributed by atoms with van der Waals surface area (Å²) in [7, 11) is -1.55. The first-order valence-corrected chi connectivity index (χ1v) is 7.97. The van der Waals surface area contributed by atoms with Crippen molar-refractivity contribution in [1.82, 2.24) is 9.29 Å². The minimum absolute atomic E-state index is 0.292. The molecule has 0 spiro atoms. The maximum absolute atomic E-state index is 12.3. The summed E-state index contributed by atoms with van der Waals surface area (Å²) < 4.78 is 29.3. The van der Waals surface area contributed by atoms with E-state index in [0.29, 0.717) is 11.4 Å². The van der Waals surface area contributed by atoms with E-state index in [2.05, 4.69) is 4.72 Å². The summed E-state index contributed by atoms with van der Waals surface area (Å²) in [6, 6.07) is 9.25. The zero-order valence-corrected chi connectivity index (χ0v) is 13.1. The van der Waals surface area contributed by atoms with Gasteiger partial charge in [0.25, 0.3) is 0 Å². The molecule has 1 aromatic heterocycles. The van der Waals surface area contributed by atoms with Gasteiger partial charge in [-0.05, 0) is 44.5 Å². The van der Waals surface area contributed by atoms with E-state index in [1.807, 2.05) is 56.7 Å². The Balaban J connectivity index is 2.21. The van der Waals surface area contributed by atoms with Crippen LogP contribution in [-0.2, 0) is 23.6 Å². The van der Waals surface area contributed by atoms with Crippen LogP contribution >= 0.6 is 0 Å². The Morgan fingerprint density at radius 3 is 2.35 bits per heavy atom. The molecule has 0 atom stereocenters. The normalized spacial score (nSPS) is 11.8. The van der Waals surface area contributed by atoms with Crippen molar-refractivity contribution in [3.8, 4) is 0 Å². The molecule has 108 valence electrons. The average molecular weight is 292 g/mol. The molecule has 1 aromatic carbocycles. The van der Waals surface area contributed by atoms with E-state index in [1.54, 1.807) is 6.07 Å². The van der Waals surface area contributed by atoms with Crippen LogP contribution in [0.1, 0.15) is 22.5 Å². The minimum atomic E-state index is -3.48. The van der Waals surface area contributed by atoms with Gasteiger partial charge in [-0.1, -0.05) is 17.7 Å². The van der Waals surface area contributed by atoms with Crippen molar-refractivity contribution in [2.45, 2.75) is 32.2 Å². The zero-order valence-electron chi connectivity index (χ0n) is 12.3. The predicted molar refractivity (Wildman–Crippen MR) is 80.1 cm³/mol. The smallest absolute Gasteiger partial charge is 0.241 e. The second kappa shape index (κ2) is 5.42. The number of benzene rings is 1. The molecule has 1 N–H and O–H groups in total. The van der Waals surface area contributed by atoms with Crippen LogP contribution in [0.5, 0.6) is 0 Å². The second-order valence-electron chi connectivity index (χ2n) is 5.12. The van der Waals surface area contributed by atoms with Crippen molar-refractivity contribution in [3.05, 3.63) is 52.8 Å². The molecule has 4 nitrogen and oxygen atoms in total. The first kappa shape index (κ1) is 14.8. The topological polar surface area (TPSA) is 51.1 Å². The number of sulfonamides is 1. The number of aryl methyl sites for hydroxylation is 3. The van der Waals surface area contributed by atoms with Gasteiger partial charge in [0.05, 0.1) is 11.4 Å².